The number of nitrogens with zero attached hydrogens (tertiary/aromatic N) is 2. The molecule has 0 radical (unpaired) electrons. The number of amides is 1. The van der Waals surface area contributed by atoms with Crippen molar-refractivity contribution in [1.29, 1.82) is 0 Å². The molecule has 0 bridgehead atoms. The summed E-state index contributed by atoms with van der Waals surface area (Å²) in [6, 6.07) is 0.449. The minimum Gasteiger partial charge on any atom is -0.337 e. The number of nitrogens with one attached hydrogen (secondary N) is 1. The van der Waals surface area contributed by atoms with Crippen molar-refractivity contribution in [3.8, 4) is 0 Å². The molecule has 0 atom stereocenters. The van der Waals surface area contributed by atoms with Gasteiger partial charge in [0.2, 0.25) is 5.91 Å². The van der Waals surface area contributed by atoms with Crippen molar-refractivity contribution in [3.63, 3.8) is 0 Å². The van der Waals surface area contributed by atoms with E-state index in [0.717, 1.165) is 13.1 Å². The molecule has 0 unspecified atom stereocenters. The van der Waals surface area contributed by atoms with Crippen molar-refractivity contribution < 1.29 is 4.79 Å². The average Bonchev–Trinajstić information content (AvgIpc) is 2.82. The molecule has 4 heteroatoms. The van der Waals surface area contributed by atoms with Crippen LogP contribution in [-0.4, -0.2) is 61.5 Å². The zero-order valence-electron chi connectivity index (χ0n) is 12.6. The third-order valence-electron chi connectivity index (χ3n) is 3.97. The Hall–Kier alpha value is -0.610. The van der Waals surface area contributed by atoms with E-state index >= 15 is 0 Å². The van der Waals surface area contributed by atoms with Gasteiger partial charge in [-0.1, -0.05) is 12.8 Å². The third-order valence-corrected chi connectivity index (χ3v) is 3.97. The highest BCUT2D eigenvalue weighted by atomic mass is 16.2. The second kappa shape index (κ2) is 6.53. The van der Waals surface area contributed by atoms with E-state index in [9.17, 15) is 4.79 Å². The van der Waals surface area contributed by atoms with Crippen molar-refractivity contribution in [2.24, 2.45) is 0 Å². The summed E-state index contributed by atoms with van der Waals surface area (Å²) in [6.07, 6.45) is 4.85. The highest BCUT2D eigenvalue weighted by Crippen LogP contribution is 2.25. The van der Waals surface area contributed by atoms with Crippen LogP contribution in [0.5, 0.6) is 0 Å². The van der Waals surface area contributed by atoms with Crippen LogP contribution in [0.15, 0.2) is 0 Å². The lowest BCUT2D eigenvalue weighted by Crippen LogP contribution is -2.56. The van der Waals surface area contributed by atoms with Gasteiger partial charge in [0.05, 0.1) is 5.54 Å². The quantitative estimate of drug-likeness (QED) is 0.777. The fourth-order valence-corrected chi connectivity index (χ4v) is 2.44. The normalized spacial score (nSPS) is 17.4. The molecule has 18 heavy (non-hydrogen) atoms. The Labute approximate surface area is 112 Å². The topological polar surface area (TPSA) is 35.6 Å². The molecule has 0 aromatic heterocycles. The molecule has 1 fully saturated rings. The van der Waals surface area contributed by atoms with E-state index < -0.39 is 5.54 Å². The Morgan fingerprint density at radius 3 is 2.22 bits per heavy atom. The maximum absolute atomic E-state index is 12.6. The summed E-state index contributed by atoms with van der Waals surface area (Å²) < 4.78 is 0. The number of hydrogen-bond acceptors (Lipinski definition) is 3. The lowest BCUT2D eigenvalue weighted by molar-refractivity contribution is -0.139. The zero-order valence-corrected chi connectivity index (χ0v) is 12.6. The number of likely N-dealkylation sites (N-methyl/N-ethyl adjacent to an activating group) is 2. The van der Waals surface area contributed by atoms with Gasteiger partial charge in [-0.3, -0.25) is 4.79 Å². The largest absolute Gasteiger partial charge is 0.337 e. The van der Waals surface area contributed by atoms with Crippen LogP contribution in [0.1, 0.15) is 39.5 Å². The zero-order chi connectivity index (χ0) is 13.8. The summed E-state index contributed by atoms with van der Waals surface area (Å²) in [6.45, 7) is 5.70. The Bertz CT molecular complexity index is 270. The Kier molecular flexibility index (Phi) is 5.60. The second-order valence-electron chi connectivity index (χ2n) is 6.12. The van der Waals surface area contributed by atoms with Crippen LogP contribution in [0.3, 0.4) is 0 Å². The van der Waals surface area contributed by atoms with Crippen LogP contribution in [0.2, 0.25) is 0 Å². The first-order chi connectivity index (χ1) is 8.38. The molecule has 1 saturated carbocycles. The number of rotatable bonds is 6. The van der Waals surface area contributed by atoms with Gasteiger partial charge in [0.1, 0.15) is 0 Å². The number of carbonyl (C=O) groups is 1. The standard InChI is InChI=1S/C14H29N3O/c1-14(2,15-3)13(18)17(11-10-16(4)5)12-8-6-7-9-12/h12,15H,6-11H2,1-5H3. The number of hydrogen-bond donors (Lipinski definition) is 1. The Balaban J connectivity index is 2.72. The molecule has 4 nitrogen and oxygen atoms in total. The van der Waals surface area contributed by atoms with E-state index in [0.29, 0.717) is 6.04 Å². The van der Waals surface area contributed by atoms with E-state index in [1.54, 1.807) is 0 Å². The summed E-state index contributed by atoms with van der Waals surface area (Å²) in [4.78, 5) is 16.9. The molecule has 1 aliphatic rings. The summed E-state index contributed by atoms with van der Waals surface area (Å²) >= 11 is 0. The lowest BCUT2D eigenvalue weighted by atomic mass is 10.0. The van der Waals surface area contributed by atoms with E-state index in [1.165, 1.54) is 25.7 Å². The van der Waals surface area contributed by atoms with Crippen molar-refractivity contribution in [2.75, 3.05) is 34.2 Å². The van der Waals surface area contributed by atoms with Gasteiger partial charge < -0.3 is 15.1 Å². The molecule has 1 rings (SSSR count). The van der Waals surface area contributed by atoms with Crippen LogP contribution in [-0.2, 0) is 4.79 Å². The van der Waals surface area contributed by atoms with Crippen molar-refractivity contribution >= 4 is 5.91 Å². The van der Waals surface area contributed by atoms with Gasteiger partial charge in [0, 0.05) is 19.1 Å². The molecule has 0 aromatic rings. The molecule has 1 N–H and O–H groups in total. The van der Waals surface area contributed by atoms with Gasteiger partial charge in [0.25, 0.3) is 0 Å². The molecule has 0 spiro atoms. The lowest BCUT2D eigenvalue weighted by Gasteiger charge is -2.36. The molecule has 0 aliphatic heterocycles. The Morgan fingerprint density at radius 1 is 1.22 bits per heavy atom. The predicted octanol–water partition coefficient (Wildman–Crippen LogP) is 1.32. The summed E-state index contributed by atoms with van der Waals surface area (Å²) in [5.74, 6) is 0.235. The maximum Gasteiger partial charge on any atom is 0.242 e. The first-order valence-electron chi connectivity index (χ1n) is 7.03. The summed E-state index contributed by atoms with van der Waals surface area (Å²) in [5.41, 5.74) is -0.463. The van der Waals surface area contributed by atoms with Crippen LogP contribution < -0.4 is 5.32 Å². The Morgan fingerprint density at radius 2 is 1.78 bits per heavy atom. The fourth-order valence-electron chi connectivity index (χ4n) is 2.44. The average molecular weight is 255 g/mol. The van der Waals surface area contributed by atoms with Gasteiger partial charge >= 0.3 is 0 Å². The van der Waals surface area contributed by atoms with Crippen LogP contribution >= 0.6 is 0 Å². The minimum absolute atomic E-state index is 0.235. The third kappa shape index (κ3) is 3.95. The first-order valence-corrected chi connectivity index (χ1v) is 7.03. The smallest absolute Gasteiger partial charge is 0.242 e. The van der Waals surface area contributed by atoms with Gasteiger partial charge in [-0.2, -0.15) is 0 Å². The predicted molar refractivity (Wildman–Crippen MR) is 75.7 cm³/mol. The molecule has 106 valence electrons. The molecular weight excluding hydrogens is 226 g/mol. The highest BCUT2D eigenvalue weighted by molar-refractivity contribution is 5.85. The second-order valence-corrected chi connectivity index (χ2v) is 6.12. The van der Waals surface area contributed by atoms with Crippen LogP contribution in [0.4, 0.5) is 0 Å². The summed E-state index contributed by atoms with van der Waals surface area (Å²) in [5, 5.41) is 3.13. The van der Waals surface area contributed by atoms with Gasteiger partial charge in [-0.05, 0) is 47.8 Å². The van der Waals surface area contributed by atoms with Crippen molar-refractivity contribution in [1.82, 2.24) is 15.1 Å². The van der Waals surface area contributed by atoms with E-state index in [-0.39, 0.29) is 5.91 Å². The molecular formula is C14H29N3O. The van der Waals surface area contributed by atoms with Gasteiger partial charge in [-0.15, -0.1) is 0 Å². The minimum atomic E-state index is -0.463. The molecule has 0 heterocycles. The van der Waals surface area contributed by atoms with Crippen molar-refractivity contribution in [3.05, 3.63) is 0 Å². The fraction of sp³-hybridized carbons (Fsp3) is 0.929. The van der Waals surface area contributed by atoms with E-state index in [1.807, 2.05) is 20.9 Å². The first kappa shape index (κ1) is 15.4. The molecule has 1 aliphatic carbocycles. The van der Waals surface area contributed by atoms with Crippen LogP contribution in [0, 0.1) is 0 Å². The van der Waals surface area contributed by atoms with Crippen LogP contribution in [0.25, 0.3) is 0 Å². The molecule has 0 aromatic carbocycles. The van der Waals surface area contributed by atoms with Crippen molar-refractivity contribution in [2.45, 2.75) is 51.1 Å². The number of carbonyl (C=O) groups excluding carboxylic acids is 1. The monoisotopic (exact) mass is 255 g/mol. The summed E-state index contributed by atoms with van der Waals surface area (Å²) in [7, 11) is 5.97. The van der Waals surface area contributed by atoms with E-state index in [4.69, 9.17) is 0 Å². The van der Waals surface area contributed by atoms with E-state index in [2.05, 4.69) is 29.2 Å². The van der Waals surface area contributed by atoms with Gasteiger partial charge in [-0.25, -0.2) is 0 Å². The van der Waals surface area contributed by atoms with Gasteiger partial charge in [0.15, 0.2) is 0 Å². The molecule has 0 saturated heterocycles. The SMILES string of the molecule is CNC(C)(C)C(=O)N(CCN(C)C)C1CCCC1. The maximum atomic E-state index is 12.6. The highest BCUT2D eigenvalue weighted by Gasteiger charge is 2.35. The molecule has 1 amide bonds.